The first-order valence-electron chi connectivity index (χ1n) is 6.62. The van der Waals surface area contributed by atoms with Gasteiger partial charge in [0.15, 0.2) is 11.5 Å². The van der Waals surface area contributed by atoms with Crippen molar-refractivity contribution in [3.8, 4) is 11.5 Å². The van der Waals surface area contributed by atoms with Crippen LogP contribution < -0.4 is 9.47 Å². The zero-order valence-electron chi connectivity index (χ0n) is 11.9. The van der Waals surface area contributed by atoms with Crippen molar-refractivity contribution in [2.24, 2.45) is 0 Å². The second-order valence-electron chi connectivity index (χ2n) is 4.66. The monoisotopic (exact) mass is 320 g/mol. The summed E-state index contributed by atoms with van der Waals surface area (Å²) in [4.78, 5) is 0. The molecule has 0 aliphatic carbocycles. The third-order valence-electron chi connectivity index (χ3n) is 2.86. The van der Waals surface area contributed by atoms with Crippen molar-refractivity contribution in [3.05, 3.63) is 23.8 Å². The summed E-state index contributed by atoms with van der Waals surface area (Å²) in [5.74, 6) is 1.51. The van der Waals surface area contributed by atoms with Crippen molar-refractivity contribution < 1.29 is 17.9 Å². The van der Waals surface area contributed by atoms with E-state index >= 15 is 0 Å². The van der Waals surface area contributed by atoms with Crippen molar-refractivity contribution in [1.29, 1.82) is 0 Å². The molecule has 0 aliphatic heterocycles. The Morgan fingerprint density at radius 1 is 1.10 bits per heavy atom. The number of ether oxygens (including phenoxy) is 2. The van der Waals surface area contributed by atoms with E-state index in [2.05, 4.69) is 0 Å². The lowest BCUT2D eigenvalue weighted by Gasteiger charge is -2.11. The molecule has 0 saturated heterocycles. The summed E-state index contributed by atoms with van der Waals surface area (Å²) in [5, 5.41) is 0. The molecule has 0 amide bonds. The molecule has 114 valence electrons. The van der Waals surface area contributed by atoms with Crippen LogP contribution in [0.1, 0.15) is 31.2 Å². The topological polar surface area (TPSA) is 52.6 Å². The molecule has 1 rings (SSSR count). The minimum absolute atomic E-state index is 0.0429. The second-order valence-corrected chi connectivity index (χ2v) is 7.56. The fraction of sp³-hybridized carbons (Fsp3) is 0.571. The van der Waals surface area contributed by atoms with E-state index in [4.69, 9.17) is 20.2 Å². The molecular weight excluding hydrogens is 300 g/mol. The third-order valence-corrected chi connectivity index (χ3v) is 4.10. The Hall–Kier alpha value is -0.940. The van der Waals surface area contributed by atoms with E-state index in [1.54, 1.807) is 7.11 Å². The van der Waals surface area contributed by atoms with Crippen LogP contribution in [0.15, 0.2) is 18.2 Å². The van der Waals surface area contributed by atoms with Crippen LogP contribution in [-0.2, 0) is 9.05 Å². The van der Waals surface area contributed by atoms with Gasteiger partial charge in [-0.2, -0.15) is 0 Å². The lowest BCUT2D eigenvalue weighted by Crippen LogP contribution is -2.01. The number of halogens is 1. The van der Waals surface area contributed by atoms with Crippen LogP contribution in [-0.4, -0.2) is 27.9 Å². The molecule has 0 N–H and O–H groups in total. The van der Waals surface area contributed by atoms with Crippen LogP contribution in [0.25, 0.3) is 0 Å². The zero-order valence-corrected chi connectivity index (χ0v) is 13.5. The van der Waals surface area contributed by atoms with Crippen LogP contribution >= 0.6 is 10.7 Å². The van der Waals surface area contributed by atoms with Crippen molar-refractivity contribution in [3.63, 3.8) is 0 Å². The standard InChI is InChI=1S/C14H21ClO4S/c1-12-7-8-13(14(11-12)18-2)19-9-5-3-4-6-10-20(15,16)17/h7-8,11H,3-6,9-10H2,1-2H3. The first-order chi connectivity index (χ1) is 9.42. The number of benzene rings is 1. The Labute approximate surface area is 125 Å². The lowest BCUT2D eigenvalue weighted by atomic mass is 10.2. The van der Waals surface area contributed by atoms with Gasteiger partial charge in [-0.15, -0.1) is 0 Å². The molecule has 6 heteroatoms. The molecule has 0 unspecified atom stereocenters. The smallest absolute Gasteiger partial charge is 0.232 e. The maximum absolute atomic E-state index is 10.7. The Morgan fingerprint density at radius 3 is 2.45 bits per heavy atom. The number of methoxy groups -OCH3 is 1. The van der Waals surface area contributed by atoms with Crippen LogP contribution in [0, 0.1) is 6.92 Å². The number of hydrogen-bond acceptors (Lipinski definition) is 4. The summed E-state index contributed by atoms with van der Waals surface area (Å²) in [6.45, 7) is 2.59. The quantitative estimate of drug-likeness (QED) is 0.516. The van der Waals surface area contributed by atoms with Crippen molar-refractivity contribution >= 4 is 19.7 Å². The maximum atomic E-state index is 10.7. The average Bonchev–Trinajstić information content (AvgIpc) is 2.37. The third kappa shape index (κ3) is 7.01. The summed E-state index contributed by atoms with van der Waals surface area (Å²) in [6, 6.07) is 5.80. The molecule has 0 aliphatic rings. The van der Waals surface area contributed by atoms with E-state index in [1.165, 1.54) is 0 Å². The molecule has 0 heterocycles. The molecule has 1 aromatic carbocycles. The molecule has 0 aromatic heterocycles. The maximum Gasteiger partial charge on any atom is 0.232 e. The zero-order chi connectivity index (χ0) is 15.0. The van der Waals surface area contributed by atoms with E-state index in [0.717, 1.165) is 36.3 Å². The first-order valence-corrected chi connectivity index (χ1v) is 9.10. The van der Waals surface area contributed by atoms with E-state index < -0.39 is 9.05 Å². The minimum atomic E-state index is -3.35. The Kier molecular flexibility index (Phi) is 7.16. The van der Waals surface area contributed by atoms with E-state index in [9.17, 15) is 8.42 Å². The SMILES string of the molecule is COc1cc(C)ccc1OCCCCCCS(=O)(=O)Cl. The molecule has 20 heavy (non-hydrogen) atoms. The van der Waals surface area contributed by atoms with E-state index in [-0.39, 0.29) is 5.75 Å². The minimum Gasteiger partial charge on any atom is -0.493 e. The number of hydrogen-bond donors (Lipinski definition) is 0. The summed E-state index contributed by atoms with van der Waals surface area (Å²) >= 11 is 0. The highest BCUT2D eigenvalue weighted by atomic mass is 35.7. The predicted molar refractivity (Wildman–Crippen MR) is 81.3 cm³/mol. The van der Waals surface area contributed by atoms with Crippen LogP contribution in [0.2, 0.25) is 0 Å². The van der Waals surface area contributed by atoms with Gasteiger partial charge >= 0.3 is 0 Å². The molecule has 0 bridgehead atoms. The van der Waals surface area contributed by atoms with Crippen molar-refractivity contribution in [2.45, 2.75) is 32.6 Å². The molecule has 0 spiro atoms. The van der Waals surface area contributed by atoms with Gasteiger partial charge in [-0.1, -0.05) is 18.9 Å². The summed E-state index contributed by atoms with van der Waals surface area (Å²) < 4.78 is 32.4. The van der Waals surface area contributed by atoms with Gasteiger partial charge in [0.25, 0.3) is 0 Å². The summed E-state index contributed by atoms with van der Waals surface area (Å²) in [6.07, 6.45) is 3.22. The fourth-order valence-corrected chi connectivity index (χ4v) is 2.68. The molecule has 1 aromatic rings. The molecule has 4 nitrogen and oxygen atoms in total. The highest BCUT2D eigenvalue weighted by Crippen LogP contribution is 2.27. The van der Waals surface area contributed by atoms with Gasteiger partial charge in [0.2, 0.25) is 9.05 Å². The molecular formula is C14H21ClO4S. The fourth-order valence-electron chi connectivity index (χ4n) is 1.81. The van der Waals surface area contributed by atoms with Crippen LogP contribution in [0.5, 0.6) is 11.5 Å². The Balaban J connectivity index is 2.21. The highest BCUT2D eigenvalue weighted by Gasteiger charge is 2.05. The van der Waals surface area contributed by atoms with Crippen LogP contribution in [0.3, 0.4) is 0 Å². The molecule has 0 atom stereocenters. The van der Waals surface area contributed by atoms with Gasteiger partial charge < -0.3 is 9.47 Å². The highest BCUT2D eigenvalue weighted by molar-refractivity contribution is 8.13. The lowest BCUT2D eigenvalue weighted by molar-refractivity contribution is 0.285. The number of rotatable bonds is 9. The second kappa shape index (κ2) is 8.37. The first kappa shape index (κ1) is 17.1. The number of aryl methyl sites for hydroxylation is 1. The predicted octanol–water partition coefficient (Wildman–Crippen LogP) is 3.51. The molecule has 0 fully saturated rings. The molecule has 0 radical (unpaired) electrons. The van der Waals surface area contributed by atoms with Gasteiger partial charge in [-0.3, -0.25) is 0 Å². The normalized spacial score (nSPS) is 11.3. The van der Waals surface area contributed by atoms with Gasteiger partial charge in [0.1, 0.15) is 0 Å². The van der Waals surface area contributed by atoms with Crippen LogP contribution in [0.4, 0.5) is 0 Å². The summed E-state index contributed by atoms with van der Waals surface area (Å²) in [7, 11) is 3.40. The summed E-state index contributed by atoms with van der Waals surface area (Å²) in [5.41, 5.74) is 1.12. The van der Waals surface area contributed by atoms with Gasteiger partial charge in [-0.25, -0.2) is 8.42 Å². The Bertz CT molecular complexity index is 514. The largest absolute Gasteiger partial charge is 0.493 e. The van der Waals surface area contributed by atoms with Gasteiger partial charge in [0.05, 0.1) is 19.5 Å². The Morgan fingerprint density at radius 2 is 1.80 bits per heavy atom. The van der Waals surface area contributed by atoms with E-state index in [0.29, 0.717) is 13.0 Å². The average molecular weight is 321 g/mol. The van der Waals surface area contributed by atoms with Crippen molar-refractivity contribution in [2.75, 3.05) is 19.5 Å². The number of unbranched alkanes of at least 4 members (excludes halogenated alkanes) is 3. The van der Waals surface area contributed by atoms with Gasteiger partial charge in [0, 0.05) is 10.7 Å². The van der Waals surface area contributed by atoms with E-state index in [1.807, 2.05) is 25.1 Å². The van der Waals surface area contributed by atoms with Gasteiger partial charge in [-0.05, 0) is 37.5 Å². The van der Waals surface area contributed by atoms with Crippen molar-refractivity contribution in [1.82, 2.24) is 0 Å². The molecule has 0 saturated carbocycles.